The van der Waals surface area contributed by atoms with Crippen LogP contribution >= 0.6 is 0 Å². The Hall–Kier alpha value is -4.27. The zero-order valence-corrected chi connectivity index (χ0v) is 22.3. The number of nitrogens with one attached hydrogen (secondary N) is 1. The van der Waals surface area contributed by atoms with Crippen LogP contribution in [-0.2, 0) is 29.8 Å². The number of aromatic carboxylic acids is 1. The number of aromatic nitrogens is 4. The smallest absolute Gasteiger partial charge is 0.352 e. The Morgan fingerprint density at radius 3 is 2.90 bits per heavy atom. The van der Waals surface area contributed by atoms with Crippen molar-refractivity contribution in [2.24, 2.45) is 5.92 Å². The molecule has 1 saturated carbocycles. The predicted molar refractivity (Wildman–Crippen MR) is 145 cm³/mol. The largest absolute Gasteiger partial charge is 0.477 e. The van der Waals surface area contributed by atoms with Gasteiger partial charge in [0.05, 0.1) is 42.0 Å². The van der Waals surface area contributed by atoms with Crippen molar-refractivity contribution >= 4 is 17.1 Å². The average Bonchev–Trinajstić information content (AvgIpc) is 3.40. The standard InChI is InChI=1S/C30H29FN6O4/c31-22-10-18(13-32)4-5-19(22)17-41-27-3-1-2-25(34-27)30-7-8-36(14-20(30)12-30)16-26-35-28-24(11-23(33-28)29(38)39)37(26)15-21-6-9-40-21/h1-5,10-11,20-21,33H,6-9,12,14-17H2,(H,38,39)/t20-,21-,30+/m0/s1. The molecule has 4 aromatic rings. The number of carboxylic acid groups (broad SMARTS) is 1. The Kier molecular flexibility index (Phi) is 6.25. The number of pyridine rings is 1. The second-order valence-electron chi connectivity index (χ2n) is 11.3. The van der Waals surface area contributed by atoms with E-state index in [1.165, 1.54) is 6.07 Å². The van der Waals surface area contributed by atoms with Crippen LogP contribution in [0, 0.1) is 23.1 Å². The van der Waals surface area contributed by atoms with E-state index in [2.05, 4.69) is 20.5 Å². The summed E-state index contributed by atoms with van der Waals surface area (Å²) in [5.74, 6) is 0.382. The van der Waals surface area contributed by atoms with Gasteiger partial charge in [0.1, 0.15) is 23.9 Å². The topological polar surface area (TPSA) is 129 Å². The van der Waals surface area contributed by atoms with Gasteiger partial charge in [0.15, 0.2) is 5.65 Å². The summed E-state index contributed by atoms with van der Waals surface area (Å²) in [6, 6.07) is 13.7. The predicted octanol–water partition coefficient (Wildman–Crippen LogP) is 4.00. The Labute approximate surface area is 235 Å². The van der Waals surface area contributed by atoms with Crippen LogP contribution < -0.4 is 4.74 Å². The van der Waals surface area contributed by atoms with E-state index < -0.39 is 11.8 Å². The number of nitrogens with zero attached hydrogens (tertiary/aromatic N) is 5. The fourth-order valence-electron chi connectivity index (χ4n) is 6.25. The molecule has 10 nitrogen and oxygen atoms in total. The van der Waals surface area contributed by atoms with Gasteiger partial charge in [-0.2, -0.15) is 5.26 Å². The van der Waals surface area contributed by atoms with E-state index in [4.69, 9.17) is 24.7 Å². The third kappa shape index (κ3) is 4.73. The molecule has 5 heterocycles. The number of carboxylic acids is 1. The molecular weight excluding hydrogens is 527 g/mol. The molecule has 1 aliphatic carbocycles. The number of rotatable bonds is 9. The lowest BCUT2D eigenvalue weighted by Crippen LogP contribution is -2.37. The summed E-state index contributed by atoms with van der Waals surface area (Å²) in [4.78, 5) is 26.4. The first-order valence-electron chi connectivity index (χ1n) is 13.9. The van der Waals surface area contributed by atoms with Crippen molar-refractivity contribution in [2.45, 2.75) is 50.5 Å². The molecule has 0 spiro atoms. The number of aromatic amines is 1. The minimum Gasteiger partial charge on any atom is -0.477 e. The van der Waals surface area contributed by atoms with E-state index in [-0.39, 0.29) is 29.4 Å². The number of fused-ring (bicyclic) bond motifs is 2. The fourth-order valence-corrected chi connectivity index (χ4v) is 6.25. The summed E-state index contributed by atoms with van der Waals surface area (Å²) in [6.07, 6.45) is 3.13. The number of ether oxygens (including phenoxy) is 2. The quantitative estimate of drug-likeness (QED) is 0.317. The van der Waals surface area contributed by atoms with Crippen LogP contribution in [0.5, 0.6) is 5.88 Å². The van der Waals surface area contributed by atoms with Gasteiger partial charge in [-0.25, -0.2) is 19.2 Å². The monoisotopic (exact) mass is 556 g/mol. The van der Waals surface area contributed by atoms with Crippen molar-refractivity contribution in [1.82, 2.24) is 24.4 Å². The van der Waals surface area contributed by atoms with Crippen LogP contribution in [0.4, 0.5) is 4.39 Å². The van der Waals surface area contributed by atoms with Crippen LogP contribution in [-0.4, -0.2) is 61.3 Å². The number of hydrogen-bond donors (Lipinski definition) is 2. The Morgan fingerprint density at radius 1 is 1.29 bits per heavy atom. The first-order chi connectivity index (χ1) is 19.9. The van der Waals surface area contributed by atoms with Gasteiger partial charge >= 0.3 is 5.97 Å². The number of carbonyl (C=O) groups is 1. The molecule has 3 fully saturated rings. The van der Waals surface area contributed by atoms with Crippen molar-refractivity contribution in [1.29, 1.82) is 5.26 Å². The maximum absolute atomic E-state index is 14.3. The van der Waals surface area contributed by atoms with E-state index in [0.717, 1.165) is 56.0 Å². The van der Waals surface area contributed by atoms with Crippen molar-refractivity contribution in [3.05, 3.63) is 76.6 Å². The molecule has 3 aromatic heterocycles. The van der Waals surface area contributed by atoms with E-state index in [0.29, 0.717) is 36.1 Å². The summed E-state index contributed by atoms with van der Waals surface area (Å²) in [5.41, 5.74) is 3.22. The Balaban J connectivity index is 1.03. The van der Waals surface area contributed by atoms with Gasteiger partial charge in [-0.05, 0) is 56.0 Å². The van der Waals surface area contributed by atoms with Crippen LogP contribution in [0.25, 0.3) is 11.2 Å². The average molecular weight is 557 g/mol. The maximum atomic E-state index is 14.3. The van der Waals surface area contributed by atoms with Crippen molar-refractivity contribution in [2.75, 3.05) is 19.7 Å². The lowest BCUT2D eigenvalue weighted by atomic mass is 9.91. The van der Waals surface area contributed by atoms with Gasteiger partial charge in [0.2, 0.25) is 5.88 Å². The molecule has 2 aliphatic heterocycles. The minimum absolute atomic E-state index is 0.0210. The zero-order valence-electron chi connectivity index (χ0n) is 22.3. The van der Waals surface area contributed by atoms with E-state index in [1.807, 2.05) is 12.1 Å². The summed E-state index contributed by atoms with van der Waals surface area (Å²) in [5, 5.41) is 18.4. The highest BCUT2D eigenvalue weighted by atomic mass is 19.1. The van der Waals surface area contributed by atoms with Gasteiger partial charge in [0.25, 0.3) is 0 Å². The molecule has 2 N–H and O–H groups in total. The number of benzene rings is 1. The summed E-state index contributed by atoms with van der Waals surface area (Å²) in [6.45, 7) is 3.95. The number of H-pyrrole nitrogens is 1. The molecule has 41 heavy (non-hydrogen) atoms. The molecule has 0 amide bonds. The molecule has 3 aliphatic rings. The molecule has 210 valence electrons. The van der Waals surface area contributed by atoms with Crippen LogP contribution in [0.15, 0.2) is 42.5 Å². The fraction of sp³-hybridized carbons (Fsp3) is 0.400. The molecule has 3 atom stereocenters. The van der Waals surface area contributed by atoms with Crippen LogP contribution in [0.1, 0.15) is 52.4 Å². The third-order valence-corrected chi connectivity index (χ3v) is 8.77. The van der Waals surface area contributed by atoms with Crippen molar-refractivity contribution in [3.8, 4) is 11.9 Å². The minimum atomic E-state index is -0.999. The van der Waals surface area contributed by atoms with E-state index in [9.17, 15) is 14.3 Å². The Morgan fingerprint density at radius 2 is 2.17 bits per heavy atom. The molecule has 0 unspecified atom stereocenters. The Bertz CT molecular complexity index is 1690. The number of piperidine rings is 1. The summed E-state index contributed by atoms with van der Waals surface area (Å²) in [7, 11) is 0. The summed E-state index contributed by atoms with van der Waals surface area (Å²) >= 11 is 0. The van der Waals surface area contributed by atoms with Gasteiger partial charge < -0.3 is 24.1 Å². The zero-order chi connectivity index (χ0) is 28.1. The molecule has 0 bridgehead atoms. The lowest BCUT2D eigenvalue weighted by Gasteiger charge is -2.32. The van der Waals surface area contributed by atoms with Crippen LogP contribution in [0.2, 0.25) is 0 Å². The molecule has 11 heteroatoms. The molecule has 0 radical (unpaired) electrons. The number of nitriles is 1. The SMILES string of the molecule is N#Cc1ccc(COc2cccc([C@@]34CCN(Cc5nc6[nH]c(C(=O)O)cc6n5C[C@@H]5CCO5)C[C@@H]3C4)n2)c(F)c1. The number of likely N-dealkylation sites (tertiary alicyclic amines) is 1. The lowest BCUT2D eigenvalue weighted by molar-refractivity contribution is -0.0592. The number of hydrogen-bond acceptors (Lipinski definition) is 7. The highest BCUT2D eigenvalue weighted by molar-refractivity contribution is 5.91. The highest BCUT2D eigenvalue weighted by Crippen LogP contribution is 2.59. The second kappa shape index (κ2) is 9.98. The first-order valence-corrected chi connectivity index (χ1v) is 13.9. The second-order valence-corrected chi connectivity index (χ2v) is 11.3. The molecule has 7 rings (SSSR count). The van der Waals surface area contributed by atoms with Crippen molar-refractivity contribution < 1.29 is 23.8 Å². The van der Waals surface area contributed by atoms with E-state index in [1.54, 1.807) is 24.3 Å². The molecule has 1 aromatic carbocycles. The first kappa shape index (κ1) is 25.7. The maximum Gasteiger partial charge on any atom is 0.352 e. The number of imidazole rings is 1. The van der Waals surface area contributed by atoms with Gasteiger partial charge in [0, 0.05) is 30.2 Å². The highest BCUT2D eigenvalue weighted by Gasteiger charge is 2.58. The van der Waals surface area contributed by atoms with Gasteiger partial charge in [-0.15, -0.1) is 0 Å². The molecule has 2 saturated heterocycles. The van der Waals surface area contributed by atoms with Gasteiger partial charge in [-0.3, -0.25) is 4.90 Å². The normalized spacial score (nSPS) is 23.5. The third-order valence-electron chi connectivity index (χ3n) is 8.77. The summed E-state index contributed by atoms with van der Waals surface area (Å²) < 4.78 is 27.9. The molecular formula is C30H29FN6O4. The van der Waals surface area contributed by atoms with E-state index >= 15 is 0 Å². The van der Waals surface area contributed by atoms with Crippen LogP contribution in [0.3, 0.4) is 0 Å². The van der Waals surface area contributed by atoms with Crippen molar-refractivity contribution in [3.63, 3.8) is 0 Å². The number of halogens is 1. The van der Waals surface area contributed by atoms with Gasteiger partial charge in [-0.1, -0.05) is 12.1 Å².